The fourth-order valence-electron chi connectivity index (χ4n) is 7.72. The van der Waals surface area contributed by atoms with E-state index in [0.717, 1.165) is 43.8 Å². The maximum atomic E-state index is 15.6. The van der Waals surface area contributed by atoms with Crippen LogP contribution in [0.15, 0.2) is 11.8 Å². The number of carbonyl (C=O) groups is 2. The minimum Gasteiger partial charge on any atom is -0.372 e. The summed E-state index contributed by atoms with van der Waals surface area (Å²) < 4.78 is 33.3. The molecule has 2 amide bonds. The number of rotatable bonds is 8. The second kappa shape index (κ2) is 14.3. The normalized spacial score (nSPS) is 36.0. The largest absolute Gasteiger partial charge is 0.372 e. The Morgan fingerprint density at radius 1 is 1.09 bits per heavy atom. The molecule has 5 aliphatic heterocycles. The summed E-state index contributed by atoms with van der Waals surface area (Å²) in [5, 5.41) is 9.71. The molecule has 0 saturated carbocycles. The molecule has 8 unspecified atom stereocenters. The van der Waals surface area contributed by atoms with Crippen molar-refractivity contribution in [3.8, 4) is 0 Å². The van der Waals surface area contributed by atoms with Gasteiger partial charge in [0.25, 0.3) is 0 Å². The summed E-state index contributed by atoms with van der Waals surface area (Å²) in [6.45, 7) is 12.0. The lowest BCUT2D eigenvalue weighted by Gasteiger charge is -2.46. The number of nitrogens with one attached hydrogen (secondary N) is 3. The Hall–Kier alpha value is -2.15. The number of allylic oxidation sites excluding steroid dienone is 1. The highest BCUT2D eigenvalue weighted by Gasteiger charge is 2.46. The van der Waals surface area contributed by atoms with Crippen molar-refractivity contribution in [3.63, 3.8) is 0 Å². The van der Waals surface area contributed by atoms with Gasteiger partial charge < -0.3 is 26.6 Å². The van der Waals surface area contributed by atoms with Crippen LogP contribution >= 0.6 is 0 Å². The maximum absolute atomic E-state index is 15.6. The molecule has 43 heavy (non-hydrogen) atoms. The van der Waals surface area contributed by atoms with E-state index in [2.05, 4.69) is 44.2 Å². The lowest BCUT2D eigenvalue weighted by molar-refractivity contribution is -0.583. The molecule has 5 N–H and O–H groups in total. The molecule has 242 valence electrons. The third-order valence-electron chi connectivity index (χ3n) is 10.4. The van der Waals surface area contributed by atoms with Gasteiger partial charge in [0.1, 0.15) is 6.17 Å². The van der Waals surface area contributed by atoms with E-state index >= 15 is 8.78 Å². The molecule has 5 rings (SSSR count). The third kappa shape index (κ3) is 7.07. The Bertz CT molecular complexity index is 1060. The molecule has 0 radical (unpaired) electrons. The number of piperidine rings is 1. The van der Waals surface area contributed by atoms with E-state index in [9.17, 15) is 9.59 Å². The second-order valence-corrected chi connectivity index (χ2v) is 13.1. The highest BCUT2D eigenvalue weighted by molar-refractivity contribution is 6.01. The van der Waals surface area contributed by atoms with Gasteiger partial charge in [-0.3, -0.25) is 19.4 Å². The molecular formula is C31H53F2N8O2+. The monoisotopic (exact) mass is 607 g/mol. The van der Waals surface area contributed by atoms with Gasteiger partial charge in [-0.1, -0.05) is 19.9 Å². The quantitative estimate of drug-likeness (QED) is 0.297. The Kier molecular flexibility index (Phi) is 10.7. The van der Waals surface area contributed by atoms with Gasteiger partial charge in [0, 0.05) is 64.7 Å². The average Bonchev–Trinajstić information content (AvgIpc) is 2.96. The number of amides is 2. The standard InChI is InChI=1S/C31H52F2N8O2/c1-4-7-26-22(32)8-9-24-21(5-2)18-41(26)20(3)28(30(34)36-24)31(43)37-25-17-35-16-23(33)29(25)40-14-12-39(13-15-40)27(42)19-38-10-6-11-38/h9,21-23,25-26,28-30,35-36H,4-8,10-19,34H2,1-3H3/p+1. The first-order chi connectivity index (χ1) is 20.7. The number of likely N-dealkylation sites (tertiary alicyclic amines) is 1. The van der Waals surface area contributed by atoms with E-state index in [4.69, 9.17) is 5.73 Å². The highest BCUT2D eigenvalue weighted by atomic mass is 19.1. The van der Waals surface area contributed by atoms with Gasteiger partial charge in [0.2, 0.25) is 11.8 Å². The van der Waals surface area contributed by atoms with Crippen molar-refractivity contribution >= 4 is 17.5 Å². The fourth-order valence-corrected chi connectivity index (χ4v) is 7.72. The molecule has 0 aliphatic carbocycles. The van der Waals surface area contributed by atoms with Crippen LogP contribution in [0.4, 0.5) is 8.78 Å². The lowest BCUT2D eigenvalue weighted by Crippen LogP contribution is -2.69. The number of nitrogens with two attached hydrogens (primary N) is 1. The van der Waals surface area contributed by atoms with Gasteiger partial charge in [-0.2, -0.15) is 0 Å². The van der Waals surface area contributed by atoms with Gasteiger partial charge in [0.05, 0.1) is 30.7 Å². The lowest BCUT2D eigenvalue weighted by atomic mass is 9.88. The van der Waals surface area contributed by atoms with Crippen LogP contribution in [0.25, 0.3) is 0 Å². The number of hydrogen-bond acceptors (Lipinski definition) is 7. The Morgan fingerprint density at radius 3 is 2.49 bits per heavy atom. The summed E-state index contributed by atoms with van der Waals surface area (Å²) in [5.74, 6) is -0.691. The summed E-state index contributed by atoms with van der Waals surface area (Å²) in [7, 11) is 0. The van der Waals surface area contributed by atoms with Crippen LogP contribution in [0.1, 0.15) is 52.9 Å². The van der Waals surface area contributed by atoms with E-state index in [0.29, 0.717) is 58.7 Å². The smallest absolute Gasteiger partial charge is 0.237 e. The average molecular weight is 608 g/mol. The molecule has 8 atom stereocenters. The first-order valence-electron chi connectivity index (χ1n) is 16.6. The molecule has 5 heterocycles. The molecule has 0 aromatic carbocycles. The van der Waals surface area contributed by atoms with Crippen LogP contribution in [-0.4, -0.2) is 139 Å². The van der Waals surface area contributed by atoms with Gasteiger partial charge >= 0.3 is 0 Å². The molecule has 0 aromatic heterocycles. The van der Waals surface area contributed by atoms with E-state index in [1.807, 2.05) is 17.9 Å². The zero-order valence-corrected chi connectivity index (χ0v) is 26.2. The summed E-state index contributed by atoms with van der Waals surface area (Å²) >= 11 is 0. The summed E-state index contributed by atoms with van der Waals surface area (Å²) in [6, 6.07) is -1.30. The van der Waals surface area contributed by atoms with Crippen LogP contribution in [0, 0.1) is 11.8 Å². The van der Waals surface area contributed by atoms with Crippen molar-refractivity contribution < 1.29 is 22.9 Å². The molecule has 3 fully saturated rings. The van der Waals surface area contributed by atoms with Crippen molar-refractivity contribution in [1.82, 2.24) is 30.7 Å². The summed E-state index contributed by atoms with van der Waals surface area (Å²) in [4.78, 5) is 33.0. The van der Waals surface area contributed by atoms with Crippen LogP contribution in [0.5, 0.6) is 0 Å². The van der Waals surface area contributed by atoms with Gasteiger partial charge in [-0.15, -0.1) is 0 Å². The van der Waals surface area contributed by atoms with E-state index in [1.54, 1.807) is 0 Å². The Morgan fingerprint density at radius 2 is 1.84 bits per heavy atom. The molecule has 3 saturated heterocycles. The number of halogens is 2. The van der Waals surface area contributed by atoms with Crippen molar-refractivity contribution in [1.29, 1.82) is 0 Å². The Balaban J connectivity index is 1.33. The van der Waals surface area contributed by atoms with Crippen molar-refractivity contribution in [2.24, 2.45) is 17.6 Å². The molecule has 12 heteroatoms. The van der Waals surface area contributed by atoms with E-state index in [-0.39, 0.29) is 30.3 Å². The topological polar surface area (TPSA) is 109 Å². The molecular weight excluding hydrogens is 554 g/mol. The summed E-state index contributed by atoms with van der Waals surface area (Å²) in [5.41, 5.74) is 8.40. The minimum absolute atomic E-state index is 0.136. The third-order valence-corrected chi connectivity index (χ3v) is 10.4. The first-order valence-corrected chi connectivity index (χ1v) is 16.6. The van der Waals surface area contributed by atoms with Crippen molar-refractivity contribution in [2.75, 3.05) is 65.4 Å². The number of piperazine rings is 1. The zero-order chi connectivity index (χ0) is 30.7. The fraction of sp³-hybridized carbons (Fsp3) is 0.839. The molecule has 0 aromatic rings. The predicted octanol–water partition coefficient (Wildman–Crippen LogP) is 0.429. The first kappa shape index (κ1) is 32.2. The SMILES string of the molecule is CCCC1C(F)CC=C2NC(N)C(C(=O)NC3CNCC(F)C3N3CCN(C(=O)CN4CCC4)CC3)C(C)=[N+]1CC2CC. The number of alkyl halides is 2. The van der Waals surface area contributed by atoms with Crippen molar-refractivity contribution in [3.05, 3.63) is 11.8 Å². The summed E-state index contributed by atoms with van der Waals surface area (Å²) in [6.07, 6.45) is 2.92. The highest BCUT2D eigenvalue weighted by Crippen LogP contribution is 2.28. The molecule has 0 spiro atoms. The number of hydrogen-bond donors (Lipinski definition) is 4. The van der Waals surface area contributed by atoms with Crippen LogP contribution < -0.4 is 21.7 Å². The van der Waals surface area contributed by atoms with Gasteiger partial charge in [0.15, 0.2) is 30.4 Å². The number of nitrogens with zero attached hydrogens (tertiary/aromatic N) is 4. The van der Waals surface area contributed by atoms with Crippen LogP contribution in [0.2, 0.25) is 0 Å². The molecule has 10 nitrogen and oxygen atoms in total. The van der Waals surface area contributed by atoms with Crippen LogP contribution in [-0.2, 0) is 9.59 Å². The van der Waals surface area contributed by atoms with Gasteiger partial charge in [-0.25, -0.2) is 13.4 Å². The minimum atomic E-state index is -1.17. The number of carbonyl (C=O) groups excluding carboxylic acids is 2. The van der Waals surface area contributed by atoms with Gasteiger partial charge in [-0.05, 0) is 32.4 Å². The number of fused-ring (bicyclic) bond motifs is 3. The second-order valence-electron chi connectivity index (χ2n) is 13.1. The maximum Gasteiger partial charge on any atom is 0.237 e. The zero-order valence-electron chi connectivity index (χ0n) is 26.2. The van der Waals surface area contributed by atoms with E-state index in [1.165, 1.54) is 0 Å². The van der Waals surface area contributed by atoms with E-state index < -0.39 is 36.5 Å². The Labute approximate surface area is 255 Å². The molecule has 5 aliphatic rings. The van der Waals surface area contributed by atoms with Crippen LogP contribution in [0.3, 0.4) is 0 Å². The predicted molar refractivity (Wildman–Crippen MR) is 163 cm³/mol. The van der Waals surface area contributed by atoms with Crippen molar-refractivity contribution in [2.45, 2.75) is 89.5 Å². The molecule has 2 bridgehead atoms.